The Morgan fingerprint density at radius 3 is 2.42 bits per heavy atom. The van der Waals surface area contributed by atoms with Gasteiger partial charge in [0.15, 0.2) is 0 Å². The molecule has 2 aromatic rings. The monoisotopic (exact) mass is 325 g/mol. The summed E-state index contributed by atoms with van der Waals surface area (Å²) in [7, 11) is 0. The summed E-state index contributed by atoms with van der Waals surface area (Å²) in [5, 5.41) is 11.4. The molecule has 2 N–H and O–H groups in total. The molecule has 0 radical (unpaired) electrons. The van der Waals surface area contributed by atoms with Crippen LogP contribution in [0.15, 0.2) is 60.3 Å². The number of benzene rings is 2. The van der Waals surface area contributed by atoms with E-state index in [9.17, 15) is 19.5 Å². The number of carbonyl (C=O) groups excluding carboxylic acids is 2. The SMILES string of the molecule is O=Cc1cccc(C=C(NC(=O)OCc2ccccc2)C(=O)O)c1. The van der Waals surface area contributed by atoms with Gasteiger partial charge in [-0.25, -0.2) is 9.59 Å². The molecule has 24 heavy (non-hydrogen) atoms. The summed E-state index contributed by atoms with van der Waals surface area (Å²) >= 11 is 0. The van der Waals surface area contributed by atoms with Crippen LogP contribution in [-0.2, 0) is 16.1 Å². The maximum absolute atomic E-state index is 11.8. The quantitative estimate of drug-likeness (QED) is 0.629. The van der Waals surface area contributed by atoms with Crippen LogP contribution < -0.4 is 5.32 Å². The summed E-state index contributed by atoms with van der Waals surface area (Å²) in [6.45, 7) is 0.0280. The number of hydrogen-bond acceptors (Lipinski definition) is 4. The van der Waals surface area contributed by atoms with Crippen molar-refractivity contribution in [2.24, 2.45) is 0 Å². The number of carbonyl (C=O) groups is 3. The zero-order chi connectivity index (χ0) is 17.4. The Kier molecular flexibility index (Phi) is 5.85. The highest BCUT2D eigenvalue weighted by molar-refractivity contribution is 5.95. The normalized spacial score (nSPS) is 10.8. The van der Waals surface area contributed by atoms with Crippen molar-refractivity contribution < 1.29 is 24.2 Å². The van der Waals surface area contributed by atoms with E-state index in [0.717, 1.165) is 5.56 Å². The number of aliphatic carboxylic acids is 1. The first-order chi connectivity index (χ1) is 11.6. The number of aldehydes is 1. The van der Waals surface area contributed by atoms with Gasteiger partial charge in [0, 0.05) is 5.56 Å². The van der Waals surface area contributed by atoms with Gasteiger partial charge in [-0.15, -0.1) is 0 Å². The van der Waals surface area contributed by atoms with Gasteiger partial charge in [0.25, 0.3) is 0 Å². The summed E-state index contributed by atoms with van der Waals surface area (Å²) in [5.74, 6) is -1.32. The fourth-order valence-electron chi connectivity index (χ4n) is 1.91. The standard InChI is InChI=1S/C18H15NO5/c20-11-15-8-4-7-14(9-15)10-16(17(21)22)19-18(23)24-12-13-5-2-1-3-6-13/h1-11H,12H2,(H,19,23)(H,21,22). The molecule has 0 aliphatic rings. The van der Waals surface area contributed by atoms with Gasteiger partial charge in [-0.05, 0) is 23.3 Å². The molecular formula is C18H15NO5. The molecule has 2 aromatic carbocycles. The third-order valence-corrected chi connectivity index (χ3v) is 3.04. The molecule has 0 aliphatic heterocycles. The van der Waals surface area contributed by atoms with Crippen molar-refractivity contribution in [2.45, 2.75) is 6.61 Å². The summed E-state index contributed by atoms with van der Waals surface area (Å²) < 4.78 is 4.98. The van der Waals surface area contributed by atoms with Crippen molar-refractivity contribution in [3.63, 3.8) is 0 Å². The van der Waals surface area contributed by atoms with Crippen LogP contribution in [0.1, 0.15) is 21.5 Å². The van der Waals surface area contributed by atoms with Crippen LogP contribution in [0.2, 0.25) is 0 Å². The highest BCUT2D eigenvalue weighted by atomic mass is 16.5. The number of nitrogens with one attached hydrogen (secondary N) is 1. The molecule has 2 rings (SSSR count). The lowest BCUT2D eigenvalue weighted by Gasteiger charge is -2.08. The van der Waals surface area contributed by atoms with Gasteiger partial charge in [0.1, 0.15) is 18.6 Å². The minimum Gasteiger partial charge on any atom is -0.477 e. The van der Waals surface area contributed by atoms with E-state index in [1.807, 2.05) is 6.07 Å². The molecule has 0 atom stereocenters. The van der Waals surface area contributed by atoms with Crippen molar-refractivity contribution in [3.05, 3.63) is 77.0 Å². The van der Waals surface area contributed by atoms with Gasteiger partial charge in [-0.2, -0.15) is 0 Å². The van der Waals surface area contributed by atoms with Crippen molar-refractivity contribution in [1.82, 2.24) is 5.32 Å². The summed E-state index contributed by atoms with van der Waals surface area (Å²) in [6, 6.07) is 15.3. The average Bonchev–Trinajstić information content (AvgIpc) is 2.60. The first-order valence-electron chi connectivity index (χ1n) is 7.06. The van der Waals surface area contributed by atoms with E-state index >= 15 is 0 Å². The smallest absolute Gasteiger partial charge is 0.412 e. The van der Waals surface area contributed by atoms with E-state index < -0.39 is 12.1 Å². The number of ether oxygens (including phenoxy) is 1. The van der Waals surface area contributed by atoms with Gasteiger partial charge in [-0.3, -0.25) is 10.1 Å². The molecule has 0 heterocycles. The van der Waals surface area contributed by atoms with Crippen LogP contribution in [-0.4, -0.2) is 23.5 Å². The van der Waals surface area contributed by atoms with Crippen LogP contribution in [0.3, 0.4) is 0 Å². The summed E-state index contributed by atoms with van der Waals surface area (Å²) in [4.78, 5) is 33.8. The Balaban J connectivity index is 2.04. The lowest BCUT2D eigenvalue weighted by atomic mass is 10.1. The second-order valence-corrected chi connectivity index (χ2v) is 4.84. The van der Waals surface area contributed by atoms with Crippen molar-refractivity contribution in [3.8, 4) is 0 Å². The Hall–Kier alpha value is -3.41. The predicted molar refractivity (Wildman–Crippen MR) is 87.2 cm³/mol. The minimum absolute atomic E-state index is 0.0280. The van der Waals surface area contributed by atoms with Gasteiger partial charge < -0.3 is 9.84 Å². The van der Waals surface area contributed by atoms with E-state index in [2.05, 4.69) is 5.32 Å². The number of carboxylic acid groups (broad SMARTS) is 1. The third-order valence-electron chi connectivity index (χ3n) is 3.04. The molecule has 0 saturated carbocycles. The maximum atomic E-state index is 11.8. The second kappa shape index (κ2) is 8.28. The van der Waals surface area contributed by atoms with Gasteiger partial charge in [-0.1, -0.05) is 48.5 Å². The molecule has 122 valence electrons. The van der Waals surface area contributed by atoms with Crippen LogP contribution in [0.25, 0.3) is 6.08 Å². The summed E-state index contributed by atoms with van der Waals surface area (Å²) in [5.41, 5.74) is 1.31. The van der Waals surface area contributed by atoms with E-state index in [4.69, 9.17) is 4.74 Å². The molecule has 0 fully saturated rings. The number of hydrogen-bond donors (Lipinski definition) is 2. The number of carboxylic acids is 1. The van der Waals surface area contributed by atoms with E-state index in [-0.39, 0.29) is 12.3 Å². The molecule has 0 bridgehead atoms. The third kappa shape index (κ3) is 5.10. The Morgan fingerprint density at radius 2 is 1.75 bits per heavy atom. The molecule has 0 aliphatic carbocycles. The van der Waals surface area contributed by atoms with Gasteiger partial charge in [0.2, 0.25) is 0 Å². The van der Waals surface area contributed by atoms with E-state index in [1.165, 1.54) is 12.1 Å². The summed E-state index contributed by atoms with van der Waals surface area (Å²) in [6.07, 6.45) is 1.03. The topological polar surface area (TPSA) is 92.7 Å². The highest BCUT2D eigenvalue weighted by Gasteiger charge is 2.13. The predicted octanol–water partition coefficient (Wildman–Crippen LogP) is 2.85. The zero-order valence-electron chi connectivity index (χ0n) is 12.6. The number of amides is 1. The molecule has 6 nitrogen and oxygen atoms in total. The molecule has 1 amide bonds. The molecule has 6 heteroatoms. The van der Waals surface area contributed by atoms with E-state index in [0.29, 0.717) is 17.4 Å². The van der Waals surface area contributed by atoms with Crippen LogP contribution in [0.4, 0.5) is 4.79 Å². The average molecular weight is 325 g/mol. The van der Waals surface area contributed by atoms with Crippen molar-refractivity contribution in [2.75, 3.05) is 0 Å². The largest absolute Gasteiger partial charge is 0.477 e. The Morgan fingerprint density at radius 1 is 1.04 bits per heavy atom. The van der Waals surface area contributed by atoms with Gasteiger partial charge in [0.05, 0.1) is 0 Å². The van der Waals surface area contributed by atoms with Crippen LogP contribution >= 0.6 is 0 Å². The van der Waals surface area contributed by atoms with Crippen molar-refractivity contribution >= 4 is 24.4 Å². The first kappa shape index (κ1) is 17.0. The van der Waals surface area contributed by atoms with Crippen LogP contribution in [0, 0.1) is 0 Å². The fraction of sp³-hybridized carbons (Fsp3) is 0.0556. The van der Waals surface area contributed by atoms with Crippen molar-refractivity contribution in [1.29, 1.82) is 0 Å². The number of rotatable bonds is 6. The second-order valence-electron chi connectivity index (χ2n) is 4.84. The molecule has 0 unspecified atom stereocenters. The Bertz CT molecular complexity index is 768. The number of alkyl carbamates (subject to hydrolysis) is 1. The molecular weight excluding hydrogens is 310 g/mol. The molecule has 0 spiro atoms. The Labute approximate surface area is 138 Å². The van der Waals surface area contributed by atoms with Gasteiger partial charge >= 0.3 is 12.1 Å². The zero-order valence-corrected chi connectivity index (χ0v) is 12.6. The van der Waals surface area contributed by atoms with Crippen LogP contribution in [0.5, 0.6) is 0 Å². The maximum Gasteiger partial charge on any atom is 0.412 e. The highest BCUT2D eigenvalue weighted by Crippen LogP contribution is 2.09. The lowest BCUT2D eigenvalue weighted by molar-refractivity contribution is -0.132. The first-order valence-corrected chi connectivity index (χ1v) is 7.06. The lowest BCUT2D eigenvalue weighted by Crippen LogP contribution is -2.27. The molecule has 0 saturated heterocycles. The van der Waals surface area contributed by atoms with E-state index in [1.54, 1.807) is 42.5 Å². The fourth-order valence-corrected chi connectivity index (χ4v) is 1.91. The molecule has 0 aromatic heterocycles. The minimum atomic E-state index is -1.32.